The fourth-order valence-electron chi connectivity index (χ4n) is 2.85. The molecule has 14 heavy (non-hydrogen) atoms. The molecule has 2 heterocycles. The summed E-state index contributed by atoms with van der Waals surface area (Å²) in [5.74, 6) is 0. The van der Waals surface area contributed by atoms with E-state index >= 15 is 0 Å². The molecule has 0 saturated carbocycles. The minimum Gasteiger partial charge on any atom is -0.380 e. The van der Waals surface area contributed by atoms with Gasteiger partial charge in [0, 0.05) is 18.5 Å². The summed E-state index contributed by atoms with van der Waals surface area (Å²) in [7, 11) is 2.20. The first-order valence-electron chi connectivity index (χ1n) is 5.84. The molecule has 0 aromatic carbocycles. The zero-order valence-corrected chi connectivity index (χ0v) is 9.81. The van der Waals surface area contributed by atoms with E-state index in [1.54, 1.807) is 0 Å². The maximum absolute atomic E-state index is 5.88. The van der Waals surface area contributed by atoms with Crippen molar-refractivity contribution in [3.05, 3.63) is 0 Å². The van der Waals surface area contributed by atoms with Gasteiger partial charge in [-0.3, -0.25) is 0 Å². The number of likely N-dealkylation sites (tertiary alicyclic amines) is 1. The highest BCUT2D eigenvalue weighted by atomic mass is 16.5. The van der Waals surface area contributed by atoms with E-state index in [-0.39, 0.29) is 0 Å². The number of hydrogen-bond acceptors (Lipinski definition) is 2. The second-order valence-electron chi connectivity index (χ2n) is 5.83. The third kappa shape index (κ3) is 1.82. The lowest BCUT2D eigenvalue weighted by molar-refractivity contribution is -0.0493. The molecular weight excluding hydrogens is 174 g/mol. The van der Waals surface area contributed by atoms with Crippen LogP contribution < -0.4 is 0 Å². The number of ether oxygens (including phenoxy) is 1. The van der Waals surface area contributed by atoms with Crippen LogP contribution in [0, 0.1) is 10.8 Å². The molecule has 82 valence electrons. The van der Waals surface area contributed by atoms with Crippen molar-refractivity contribution in [1.29, 1.82) is 0 Å². The Morgan fingerprint density at radius 2 is 1.93 bits per heavy atom. The largest absolute Gasteiger partial charge is 0.380 e. The molecule has 0 aromatic rings. The van der Waals surface area contributed by atoms with Crippen molar-refractivity contribution in [3.63, 3.8) is 0 Å². The van der Waals surface area contributed by atoms with Gasteiger partial charge in [-0.05, 0) is 31.7 Å². The molecule has 1 spiro atoms. The maximum Gasteiger partial charge on any atom is 0.0547 e. The molecule has 0 N–H and O–H groups in total. The third-order valence-electron chi connectivity index (χ3n) is 4.18. The molecule has 2 aliphatic rings. The van der Waals surface area contributed by atoms with Gasteiger partial charge in [0.25, 0.3) is 0 Å². The van der Waals surface area contributed by atoms with Crippen LogP contribution in [0.2, 0.25) is 0 Å². The number of rotatable bonds is 1. The van der Waals surface area contributed by atoms with Crippen LogP contribution in [-0.2, 0) is 4.74 Å². The minimum atomic E-state index is 0.442. The van der Waals surface area contributed by atoms with Crippen molar-refractivity contribution < 1.29 is 4.74 Å². The van der Waals surface area contributed by atoms with E-state index in [2.05, 4.69) is 25.8 Å². The van der Waals surface area contributed by atoms with Crippen LogP contribution in [0.15, 0.2) is 0 Å². The Balaban J connectivity index is 1.95. The summed E-state index contributed by atoms with van der Waals surface area (Å²) in [6.45, 7) is 9.10. The van der Waals surface area contributed by atoms with Crippen LogP contribution in [-0.4, -0.2) is 38.3 Å². The molecule has 0 aromatic heterocycles. The molecule has 2 rings (SSSR count). The molecular formula is C12H23NO. The third-order valence-corrected chi connectivity index (χ3v) is 4.18. The summed E-state index contributed by atoms with van der Waals surface area (Å²) in [6, 6.07) is 0. The number of hydrogen-bond donors (Lipinski definition) is 0. The summed E-state index contributed by atoms with van der Waals surface area (Å²) in [5, 5.41) is 0. The van der Waals surface area contributed by atoms with Crippen LogP contribution in [0.5, 0.6) is 0 Å². The van der Waals surface area contributed by atoms with E-state index in [9.17, 15) is 0 Å². The molecule has 0 bridgehead atoms. The Kier molecular flexibility index (Phi) is 2.61. The molecule has 2 nitrogen and oxygen atoms in total. The van der Waals surface area contributed by atoms with Gasteiger partial charge in [-0.15, -0.1) is 0 Å². The standard InChI is InChI=1S/C12H23NO/c1-4-11(2)5-6-12(10-14-9-11)7-13(3)8-12/h4-10H2,1-3H3. The van der Waals surface area contributed by atoms with Crippen molar-refractivity contribution in [2.75, 3.05) is 33.4 Å². The lowest BCUT2D eigenvalue weighted by Crippen LogP contribution is -2.56. The fraction of sp³-hybridized carbons (Fsp3) is 1.00. The van der Waals surface area contributed by atoms with Crippen molar-refractivity contribution in [2.24, 2.45) is 10.8 Å². The molecule has 0 amide bonds. The SMILES string of the molecule is CCC1(C)CCC2(COC1)CN(C)C2. The molecule has 1 unspecified atom stereocenters. The highest BCUT2D eigenvalue weighted by Crippen LogP contribution is 2.42. The smallest absolute Gasteiger partial charge is 0.0547 e. The van der Waals surface area contributed by atoms with E-state index in [1.807, 2.05) is 0 Å². The van der Waals surface area contributed by atoms with E-state index in [1.165, 1.54) is 32.4 Å². The summed E-state index contributed by atoms with van der Waals surface area (Å²) in [4.78, 5) is 2.40. The van der Waals surface area contributed by atoms with Crippen LogP contribution in [0.1, 0.15) is 33.1 Å². The van der Waals surface area contributed by atoms with Crippen molar-refractivity contribution in [1.82, 2.24) is 4.90 Å². The Hall–Kier alpha value is -0.0800. The van der Waals surface area contributed by atoms with Gasteiger partial charge in [0.05, 0.1) is 13.2 Å². The molecule has 0 aliphatic carbocycles. The normalized spacial score (nSPS) is 37.9. The minimum absolute atomic E-state index is 0.442. The van der Waals surface area contributed by atoms with Gasteiger partial charge in [0.15, 0.2) is 0 Å². The second-order valence-corrected chi connectivity index (χ2v) is 5.83. The van der Waals surface area contributed by atoms with Crippen LogP contribution >= 0.6 is 0 Å². The molecule has 2 fully saturated rings. The van der Waals surface area contributed by atoms with Gasteiger partial charge in [0.2, 0.25) is 0 Å². The predicted octanol–water partition coefficient (Wildman–Crippen LogP) is 2.14. The summed E-state index contributed by atoms with van der Waals surface area (Å²) >= 11 is 0. The lowest BCUT2D eigenvalue weighted by atomic mass is 9.73. The second kappa shape index (κ2) is 3.49. The predicted molar refractivity (Wildman–Crippen MR) is 58.4 cm³/mol. The van der Waals surface area contributed by atoms with E-state index in [0.717, 1.165) is 13.2 Å². The van der Waals surface area contributed by atoms with Crippen LogP contribution in [0.4, 0.5) is 0 Å². The Morgan fingerprint density at radius 3 is 2.50 bits per heavy atom. The molecule has 1 atom stereocenters. The zero-order chi connectivity index (χ0) is 10.2. The first kappa shape index (κ1) is 10.4. The lowest BCUT2D eigenvalue weighted by Gasteiger charge is -2.48. The topological polar surface area (TPSA) is 12.5 Å². The Labute approximate surface area is 87.6 Å². The first-order valence-corrected chi connectivity index (χ1v) is 5.84. The highest BCUT2D eigenvalue weighted by molar-refractivity contribution is 4.96. The van der Waals surface area contributed by atoms with Gasteiger partial charge in [-0.25, -0.2) is 0 Å². The average Bonchev–Trinajstić information content (AvgIpc) is 2.27. The van der Waals surface area contributed by atoms with Gasteiger partial charge in [0.1, 0.15) is 0 Å². The van der Waals surface area contributed by atoms with Crippen LogP contribution in [0.3, 0.4) is 0 Å². The molecule has 2 saturated heterocycles. The van der Waals surface area contributed by atoms with E-state index in [4.69, 9.17) is 4.74 Å². The molecule has 2 aliphatic heterocycles. The Morgan fingerprint density at radius 1 is 1.21 bits per heavy atom. The highest BCUT2D eigenvalue weighted by Gasteiger charge is 2.44. The Bertz CT molecular complexity index is 210. The fourth-order valence-corrected chi connectivity index (χ4v) is 2.85. The molecule has 0 radical (unpaired) electrons. The van der Waals surface area contributed by atoms with Gasteiger partial charge in [-0.1, -0.05) is 13.8 Å². The summed E-state index contributed by atoms with van der Waals surface area (Å²) in [6.07, 6.45) is 3.96. The first-order chi connectivity index (χ1) is 6.58. The average molecular weight is 197 g/mol. The summed E-state index contributed by atoms with van der Waals surface area (Å²) in [5.41, 5.74) is 0.958. The van der Waals surface area contributed by atoms with Gasteiger partial charge >= 0.3 is 0 Å². The van der Waals surface area contributed by atoms with Crippen molar-refractivity contribution >= 4 is 0 Å². The van der Waals surface area contributed by atoms with Gasteiger partial charge < -0.3 is 9.64 Å². The maximum atomic E-state index is 5.88. The quantitative estimate of drug-likeness (QED) is 0.638. The van der Waals surface area contributed by atoms with Crippen molar-refractivity contribution in [2.45, 2.75) is 33.1 Å². The van der Waals surface area contributed by atoms with Gasteiger partial charge in [-0.2, -0.15) is 0 Å². The van der Waals surface area contributed by atoms with E-state index in [0.29, 0.717) is 10.8 Å². The summed E-state index contributed by atoms with van der Waals surface area (Å²) < 4.78 is 5.88. The van der Waals surface area contributed by atoms with Crippen molar-refractivity contribution in [3.8, 4) is 0 Å². The zero-order valence-electron chi connectivity index (χ0n) is 9.81. The monoisotopic (exact) mass is 197 g/mol. The van der Waals surface area contributed by atoms with Crippen LogP contribution in [0.25, 0.3) is 0 Å². The molecule has 2 heteroatoms. The van der Waals surface area contributed by atoms with E-state index < -0.39 is 0 Å². The number of nitrogens with zero attached hydrogens (tertiary/aromatic N) is 1.